The molecule has 110 valence electrons. The van der Waals surface area contributed by atoms with Crippen LogP contribution in [0.25, 0.3) is 0 Å². The van der Waals surface area contributed by atoms with E-state index in [2.05, 4.69) is 11.8 Å². The molecule has 3 aliphatic rings. The quantitative estimate of drug-likeness (QED) is 0.867. The topological polar surface area (TPSA) is 29.5 Å². The second kappa shape index (κ2) is 6.59. The van der Waals surface area contributed by atoms with Gasteiger partial charge in [0.05, 0.1) is 11.7 Å². The van der Waals surface area contributed by atoms with Crippen molar-refractivity contribution in [1.82, 2.24) is 0 Å². The highest BCUT2D eigenvalue weighted by Crippen LogP contribution is 2.42. The Labute approximate surface area is 125 Å². The Morgan fingerprint density at radius 1 is 1.16 bits per heavy atom. The molecule has 3 unspecified atom stereocenters. The zero-order chi connectivity index (χ0) is 13.1. The summed E-state index contributed by atoms with van der Waals surface area (Å²) in [5.74, 6) is 6.24. The molecule has 0 aromatic heterocycles. The molecular formula is C15H26O2S2. The van der Waals surface area contributed by atoms with E-state index in [1.807, 2.05) is 11.8 Å². The number of hydrogen-bond acceptors (Lipinski definition) is 4. The first-order valence-electron chi connectivity index (χ1n) is 7.75. The van der Waals surface area contributed by atoms with Crippen LogP contribution in [-0.4, -0.2) is 46.4 Å². The lowest BCUT2D eigenvalue weighted by molar-refractivity contribution is -0.104. The largest absolute Gasteiger partial charge is 0.393 e. The molecule has 3 fully saturated rings. The Morgan fingerprint density at radius 3 is 2.74 bits per heavy atom. The van der Waals surface area contributed by atoms with Crippen molar-refractivity contribution < 1.29 is 9.84 Å². The Hall–Kier alpha value is 0.620. The summed E-state index contributed by atoms with van der Waals surface area (Å²) in [6.45, 7) is 0.864. The van der Waals surface area contributed by atoms with Crippen LogP contribution in [-0.2, 0) is 4.74 Å². The maximum Gasteiger partial charge on any atom is 0.0783 e. The summed E-state index contributed by atoms with van der Waals surface area (Å²) in [6, 6.07) is 0. The predicted molar refractivity (Wildman–Crippen MR) is 84.0 cm³/mol. The van der Waals surface area contributed by atoms with Crippen molar-refractivity contribution in [1.29, 1.82) is 0 Å². The summed E-state index contributed by atoms with van der Waals surface area (Å²) in [5.41, 5.74) is 0.122. The van der Waals surface area contributed by atoms with Crippen LogP contribution in [0.2, 0.25) is 0 Å². The van der Waals surface area contributed by atoms with E-state index >= 15 is 0 Å². The van der Waals surface area contributed by atoms with E-state index in [1.54, 1.807) is 0 Å². The molecule has 0 aromatic carbocycles. The fraction of sp³-hybridized carbons (Fsp3) is 1.00. The van der Waals surface area contributed by atoms with Crippen LogP contribution >= 0.6 is 23.5 Å². The van der Waals surface area contributed by atoms with E-state index in [4.69, 9.17) is 4.74 Å². The number of thioether (sulfide) groups is 2. The minimum Gasteiger partial charge on any atom is -0.393 e. The number of aliphatic hydroxyl groups excluding tert-OH is 1. The third-order valence-electron chi connectivity index (χ3n) is 5.06. The highest BCUT2D eigenvalue weighted by Gasteiger charge is 2.42. The summed E-state index contributed by atoms with van der Waals surface area (Å²) in [4.78, 5) is 0. The molecule has 19 heavy (non-hydrogen) atoms. The molecule has 0 bridgehead atoms. The van der Waals surface area contributed by atoms with Crippen molar-refractivity contribution in [3.63, 3.8) is 0 Å². The van der Waals surface area contributed by atoms with Crippen molar-refractivity contribution in [3.8, 4) is 0 Å². The van der Waals surface area contributed by atoms with Gasteiger partial charge in [-0.25, -0.2) is 0 Å². The number of ether oxygens (including phenoxy) is 1. The molecule has 3 atom stereocenters. The third-order valence-corrected chi connectivity index (χ3v) is 7.33. The standard InChI is InChI=1S/C15H26O2S2/c16-14(9-12-2-6-18-7-3-12)13-1-5-17-15(10-13)4-8-19-11-15/h12-14,16H,1-11H2. The van der Waals surface area contributed by atoms with Gasteiger partial charge in [0.15, 0.2) is 0 Å². The maximum absolute atomic E-state index is 10.6. The van der Waals surface area contributed by atoms with Crippen molar-refractivity contribution >= 4 is 23.5 Å². The molecule has 3 aliphatic heterocycles. The molecule has 3 rings (SSSR count). The molecular weight excluding hydrogens is 276 g/mol. The molecule has 4 heteroatoms. The van der Waals surface area contributed by atoms with Crippen molar-refractivity contribution in [2.24, 2.45) is 11.8 Å². The van der Waals surface area contributed by atoms with Crippen LogP contribution in [0.1, 0.15) is 38.5 Å². The van der Waals surface area contributed by atoms with Gasteiger partial charge < -0.3 is 9.84 Å². The van der Waals surface area contributed by atoms with E-state index in [1.165, 1.54) is 36.5 Å². The van der Waals surface area contributed by atoms with Crippen molar-refractivity contribution in [2.45, 2.75) is 50.2 Å². The molecule has 2 nitrogen and oxygen atoms in total. The number of rotatable bonds is 3. The molecule has 3 saturated heterocycles. The van der Waals surface area contributed by atoms with Gasteiger partial charge in [0.2, 0.25) is 0 Å². The maximum atomic E-state index is 10.6. The zero-order valence-electron chi connectivity index (χ0n) is 11.7. The van der Waals surface area contributed by atoms with E-state index < -0.39 is 0 Å². The summed E-state index contributed by atoms with van der Waals surface area (Å²) in [6.07, 6.45) is 6.94. The van der Waals surface area contributed by atoms with Gasteiger partial charge in [-0.1, -0.05) is 0 Å². The second-order valence-electron chi connectivity index (χ2n) is 6.45. The normalized spacial score (nSPS) is 38.7. The van der Waals surface area contributed by atoms with Crippen molar-refractivity contribution in [2.75, 3.05) is 29.6 Å². The van der Waals surface area contributed by atoms with E-state index in [0.29, 0.717) is 5.92 Å². The lowest BCUT2D eigenvalue weighted by Crippen LogP contribution is -2.43. The van der Waals surface area contributed by atoms with Gasteiger partial charge in [-0.05, 0) is 67.6 Å². The van der Waals surface area contributed by atoms with Crippen LogP contribution in [0.4, 0.5) is 0 Å². The van der Waals surface area contributed by atoms with Gasteiger partial charge in [0.1, 0.15) is 0 Å². The molecule has 1 spiro atoms. The second-order valence-corrected chi connectivity index (χ2v) is 8.78. The zero-order valence-corrected chi connectivity index (χ0v) is 13.3. The van der Waals surface area contributed by atoms with E-state index in [9.17, 15) is 5.11 Å². The van der Waals surface area contributed by atoms with Crippen LogP contribution in [0, 0.1) is 11.8 Å². The highest BCUT2D eigenvalue weighted by molar-refractivity contribution is 7.99. The van der Waals surface area contributed by atoms with Gasteiger partial charge in [0.25, 0.3) is 0 Å². The number of aliphatic hydroxyl groups is 1. The summed E-state index contributed by atoms with van der Waals surface area (Å²) < 4.78 is 6.06. The van der Waals surface area contributed by atoms with Crippen LogP contribution in [0.3, 0.4) is 0 Å². The lowest BCUT2D eigenvalue weighted by atomic mass is 9.79. The minimum absolute atomic E-state index is 0.0838. The summed E-state index contributed by atoms with van der Waals surface area (Å²) in [5, 5.41) is 10.6. The smallest absolute Gasteiger partial charge is 0.0783 e. The Bertz CT molecular complexity index is 286. The lowest BCUT2D eigenvalue weighted by Gasteiger charge is -2.40. The number of hydrogen-bond donors (Lipinski definition) is 1. The summed E-state index contributed by atoms with van der Waals surface area (Å²) in [7, 11) is 0. The molecule has 0 aliphatic carbocycles. The molecule has 1 N–H and O–H groups in total. The Balaban J connectivity index is 1.52. The van der Waals surface area contributed by atoms with Crippen LogP contribution < -0.4 is 0 Å². The highest BCUT2D eigenvalue weighted by atomic mass is 32.2. The van der Waals surface area contributed by atoms with Gasteiger partial charge >= 0.3 is 0 Å². The van der Waals surface area contributed by atoms with E-state index in [-0.39, 0.29) is 11.7 Å². The molecule has 0 aromatic rings. The molecule has 0 saturated carbocycles. The van der Waals surface area contributed by atoms with Crippen LogP contribution in [0.15, 0.2) is 0 Å². The first-order valence-corrected chi connectivity index (χ1v) is 10.1. The van der Waals surface area contributed by atoms with Gasteiger partial charge in [-0.15, -0.1) is 0 Å². The van der Waals surface area contributed by atoms with Gasteiger partial charge in [-0.3, -0.25) is 0 Å². The van der Waals surface area contributed by atoms with Crippen LogP contribution in [0.5, 0.6) is 0 Å². The fourth-order valence-electron chi connectivity index (χ4n) is 3.77. The Kier molecular flexibility index (Phi) is 5.05. The first-order chi connectivity index (χ1) is 9.27. The first kappa shape index (κ1) is 14.6. The molecule has 0 radical (unpaired) electrons. The third kappa shape index (κ3) is 3.63. The summed E-state index contributed by atoms with van der Waals surface area (Å²) >= 11 is 4.09. The average molecular weight is 303 g/mol. The SMILES string of the molecule is OC(CC1CCSCC1)C1CCOC2(CCSC2)C1. The average Bonchev–Trinajstić information content (AvgIpc) is 2.88. The van der Waals surface area contributed by atoms with Gasteiger partial charge in [0, 0.05) is 12.4 Å². The predicted octanol–water partition coefficient (Wildman–Crippen LogP) is 3.18. The van der Waals surface area contributed by atoms with E-state index in [0.717, 1.165) is 37.5 Å². The van der Waals surface area contributed by atoms with Crippen molar-refractivity contribution in [3.05, 3.63) is 0 Å². The molecule has 3 heterocycles. The Morgan fingerprint density at radius 2 is 2.00 bits per heavy atom. The molecule has 0 amide bonds. The monoisotopic (exact) mass is 302 g/mol. The fourth-order valence-corrected chi connectivity index (χ4v) is 6.36. The minimum atomic E-state index is -0.0838. The van der Waals surface area contributed by atoms with Gasteiger partial charge in [-0.2, -0.15) is 23.5 Å².